The van der Waals surface area contributed by atoms with E-state index < -0.39 is 6.04 Å². The monoisotopic (exact) mass is 301 g/mol. The molecule has 0 spiro atoms. The van der Waals surface area contributed by atoms with Gasteiger partial charge in [0, 0.05) is 31.0 Å². The fourth-order valence-electron chi connectivity index (χ4n) is 2.37. The maximum Gasteiger partial charge on any atom is 0.246 e. The van der Waals surface area contributed by atoms with Crippen LogP contribution >= 0.6 is 0 Å². The molecule has 0 aliphatic heterocycles. The van der Waals surface area contributed by atoms with Crippen LogP contribution in [0.1, 0.15) is 17.2 Å². The van der Waals surface area contributed by atoms with Crippen molar-refractivity contribution in [3.8, 4) is 0 Å². The highest BCUT2D eigenvalue weighted by Gasteiger charge is 2.20. The molecule has 1 heterocycles. The first-order valence-corrected chi connectivity index (χ1v) is 7.20. The minimum Gasteiger partial charge on any atom is -0.324 e. The topological polar surface area (TPSA) is 62.2 Å². The number of hydrogen-bond acceptors (Lipinski definition) is 4. The number of carbonyl (C=O) groups is 1. The molecule has 118 valence electrons. The average Bonchev–Trinajstić information content (AvgIpc) is 2.85. The van der Waals surface area contributed by atoms with Crippen molar-refractivity contribution in [3.05, 3.63) is 47.8 Å². The highest BCUT2D eigenvalue weighted by molar-refractivity contribution is 5.95. The van der Waals surface area contributed by atoms with Crippen LogP contribution in [-0.4, -0.2) is 41.7 Å². The molecule has 0 saturated heterocycles. The minimum absolute atomic E-state index is 0.0995. The molecule has 0 bridgehead atoms. The van der Waals surface area contributed by atoms with E-state index in [9.17, 15) is 4.79 Å². The molecular formula is C16H23N5O. The Hall–Kier alpha value is -2.18. The molecular weight excluding hydrogens is 278 g/mol. The van der Waals surface area contributed by atoms with Crippen LogP contribution in [-0.2, 0) is 18.4 Å². The molecule has 1 atom stereocenters. The van der Waals surface area contributed by atoms with Gasteiger partial charge in [-0.2, -0.15) is 5.10 Å². The third-order valence-corrected chi connectivity index (χ3v) is 3.30. The Labute approximate surface area is 131 Å². The SMILES string of the molecule is CNC(C(=O)Nc1cccc(CN(C)C)c1)c1cnn(C)c1. The van der Waals surface area contributed by atoms with E-state index in [1.807, 2.05) is 51.6 Å². The lowest BCUT2D eigenvalue weighted by molar-refractivity contribution is -0.118. The normalized spacial score (nSPS) is 12.4. The van der Waals surface area contributed by atoms with Crippen molar-refractivity contribution in [1.82, 2.24) is 20.0 Å². The molecule has 2 aromatic rings. The van der Waals surface area contributed by atoms with Crippen LogP contribution in [0.3, 0.4) is 0 Å². The number of rotatable bonds is 6. The lowest BCUT2D eigenvalue weighted by atomic mass is 10.1. The predicted molar refractivity (Wildman–Crippen MR) is 87.5 cm³/mol. The molecule has 0 saturated carbocycles. The van der Waals surface area contributed by atoms with Gasteiger partial charge in [-0.3, -0.25) is 9.48 Å². The molecule has 2 N–H and O–H groups in total. The lowest BCUT2D eigenvalue weighted by Gasteiger charge is -2.16. The van der Waals surface area contributed by atoms with Crippen LogP contribution in [0.2, 0.25) is 0 Å². The molecule has 0 fully saturated rings. The number of aromatic nitrogens is 2. The molecule has 6 heteroatoms. The van der Waals surface area contributed by atoms with Crippen LogP contribution < -0.4 is 10.6 Å². The Morgan fingerprint density at radius 2 is 2.18 bits per heavy atom. The first-order chi connectivity index (χ1) is 10.5. The lowest BCUT2D eigenvalue weighted by Crippen LogP contribution is -2.30. The second kappa shape index (κ2) is 7.20. The number of anilines is 1. The van der Waals surface area contributed by atoms with E-state index >= 15 is 0 Å². The molecule has 0 aliphatic rings. The summed E-state index contributed by atoms with van der Waals surface area (Å²) < 4.78 is 1.69. The summed E-state index contributed by atoms with van der Waals surface area (Å²) in [6.07, 6.45) is 3.53. The summed E-state index contributed by atoms with van der Waals surface area (Å²) in [7, 11) is 7.63. The zero-order valence-corrected chi connectivity index (χ0v) is 13.5. The Kier molecular flexibility index (Phi) is 5.30. The van der Waals surface area contributed by atoms with Gasteiger partial charge in [-0.05, 0) is 38.8 Å². The predicted octanol–water partition coefficient (Wildman–Crippen LogP) is 1.38. The Morgan fingerprint density at radius 3 is 2.77 bits per heavy atom. The number of benzene rings is 1. The van der Waals surface area contributed by atoms with Crippen molar-refractivity contribution in [2.24, 2.45) is 7.05 Å². The highest BCUT2D eigenvalue weighted by atomic mass is 16.2. The third kappa shape index (κ3) is 4.16. The number of amides is 1. The molecule has 1 amide bonds. The number of aryl methyl sites for hydroxylation is 1. The van der Waals surface area contributed by atoms with Crippen LogP contribution in [0.15, 0.2) is 36.7 Å². The summed E-state index contributed by atoms with van der Waals surface area (Å²) in [4.78, 5) is 14.6. The molecule has 1 unspecified atom stereocenters. The number of nitrogens with zero attached hydrogens (tertiary/aromatic N) is 3. The molecule has 22 heavy (non-hydrogen) atoms. The summed E-state index contributed by atoms with van der Waals surface area (Å²) >= 11 is 0. The maximum absolute atomic E-state index is 12.5. The van der Waals surface area contributed by atoms with Gasteiger partial charge in [0.15, 0.2) is 0 Å². The largest absolute Gasteiger partial charge is 0.324 e. The summed E-state index contributed by atoms with van der Waals surface area (Å²) in [5.74, 6) is -0.0995. The van der Waals surface area contributed by atoms with Crippen molar-refractivity contribution < 1.29 is 4.79 Å². The van der Waals surface area contributed by atoms with E-state index in [4.69, 9.17) is 0 Å². The van der Waals surface area contributed by atoms with Crippen molar-refractivity contribution in [3.63, 3.8) is 0 Å². The van der Waals surface area contributed by atoms with E-state index in [1.54, 1.807) is 17.9 Å². The fourth-order valence-corrected chi connectivity index (χ4v) is 2.37. The summed E-state index contributed by atoms with van der Waals surface area (Å²) in [6, 6.07) is 7.46. The van der Waals surface area contributed by atoms with E-state index in [1.165, 1.54) is 0 Å². The van der Waals surface area contributed by atoms with Crippen molar-refractivity contribution in [2.75, 3.05) is 26.5 Å². The van der Waals surface area contributed by atoms with Crippen molar-refractivity contribution in [1.29, 1.82) is 0 Å². The van der Waals surface area contributed by atoms with Gasteiger partial charge in [0.2, 0.25) is 5.91 Å². The van der Waals surface area contributed by atoms with Gasteiger partial charge >= 0.3 is 0 Å². The van der Waals surface area contributed by atoms with Gasteiger partial charge < -0.3 is 15.5 Å². The van der Waals surface area contributed by atoms with Crippen molar-refractivity contribution >= 4 is 11.6 Å². The minimum atomic E-state index is -0.425. The Bertz CT molecular complexity index is 635. The standard InChI is InChI=1S/C16H23N5O/c1-17-15(13-9-18-21(4)11-13)16(22)19-14-7-5-6-12(8-14)10-20(2)3/h5-9,11,15,17H,10H2,1-4H3,(H,19,22). The Balaban J connectivity index is 2.10. The molecule has 0 radical (unpaired) electrons. The molecule has 6 nitrogen and oxygen atoms in total. The third-order valence-electron chi connectivity index (χ3n) is 3.30. The quantitative estimate of drug-likeness (QED) is 0.846. The zero-order chi connectivity index (χ0) is 16.1. The van der Waals surface area contributed by atoms with E-state index in [2.05, 4.69) is 20.6 Å². The summed E-state index contributed by atoms with van der Waals surface area (Å²) in [5, 5.41) is 10.1. The molecule has 1 aromatic carbocycles. The number of hydrogen-bond donors (Lipinski definition) is 2. The van der Waals surface area contributed by atoms with Crippen LogP contribution in [0.4, 0.5) is 5.69 Å². The first-order valence-electron chi connectivity index (χ1n) is 7.20. The second-order valence-electron chi connectivity index (χ2n) is 5.60. The van der Waals surface area contributed by atoms with Gasteiger partial charge in [0.1, 0.15) is 6.04 Å². The number of nitrogens with one attached hydrogen (secondary N) is 2. The van der Waals surface area contributed by atoms with Gasteiger partial charge in [-0.25, -0.2) is 0 Å². The average molecular weight is 301 g/mol. The smallest absolute Gasteiger partial charge is 0.246 e. The first kappa shape index (κ1) is 16.2. The van der Waals surface area contributed by atoms with Gasteiger partial charge in [-0.15, -0.1) is 0 Å². The van der Waals surface area contributed by atoms with Gasteiger partial charge in [0.05, 0.1) is 6.20 Å². The summed E-state index contributed by atoms with van der Waals surface area (Å²) in [6.45, 7) is 0.835. The fraction of sp³-hybridized carbons (Fsp3) is 0.375. The second-order valence-corrected chi connectivity index (χ2v) is 5.60. The van der Waals surface area contributed by atoms with E-state index in [0.29, 0.717) is 0 Å². The summed E-state index contributed by atoms with van der Waals surface area (Å²) in [5.41, 5.74) is 2.80. The maximum atomic E-state index is 12.5. The van der Waals surface area contributed by atoms with Gasteiger partial charge in [0.25, 0.3) is 0 Å². The van der Waals surface area contributed by atoms with Crippen molar-refractivity contribution in [2.45, 2.75) is 12.6 Å². The molecule has 2 rings (SSSR count). The number of likely N-dealkylation sites (N-methyl/N-ethyl adjacent to an activating group) is 1. The van der Waals surface area contributed by atoms with E-state index in [-0.39, 0.29) is 5.91 Å². The van der Waals surface area contributed by atoms with E-state index in [0.717, 1.165) is 23.4 Å². The van der Waals surface area contributed by atoms with Crippen LogP contribution in [0, 0.1) is 0 Å². The van der Waals surface area contributed by atoms with Crippen LogP contribution in [0.25, 0.3) is 0 Å². The molecule has 0 aliphatic carbocycles. The van der Waals surface area contributed by atoms with Gasteiger partial charge in [-0.1, -0.05) is 12.1 Å². The number of carbonyl (C=O) groups excluding carboxylic acids is 1. The highest BCUT2D eigenvalue weighted by Crippen LogP contribution is 2.16. The van der Waals surface area contributed by atoms with Crippen LogP contribution in [0.5, 0.6) is 0 Å². The zero-order valence-electron chi connectivity index (χ0n) is 13.5. The molecule has 1 aromatic heterocycles. The Morgan fingerprint density at radius 1 is 1.41 bits per heavy atom.